The van der Waals surface area contributed by atoms with Gasteiger partial charge in [-0.25, -0.2) is 0 Å². The first-order valence-electron chi connectivity index (χ1n) is 7.55. The predicted molar refractivity (Wildman–Crippen MR) is 86.1 cm³/mol. The lowest BCUT2D eigenvalue weighted by atomic mass is 10.0. The van der Waals surface area contributed by atoms with E-state index in [2.05, 4.69) is 29.6 Å². The first-order chi connectivity index (χ1) is 10.3. The smallest absolute Gasteiger partial charge is 0.0588 e. The molecule has 2 aromatic rings. The van der Waals surface area contributed by atoms with Crippen molar-refractivity contribution in [2.45, 2.75) is 31.3 Å². The van der Waals surface area contributed by atoms with Gasteiger partial charge >= 0.3 is 0 Å². The molecular weight excluding hydrogens is 260 g/mol. The quantitative estimate of drug-likeness (QED) is 0.738. The largest absolute Gasteiger partial charge is 0.399 e. The highest BCUT2D eigenvalue weighted by molar-refractivity contribution is 5.47. The number of benzene rings is 2. The van der Waals surface area contributed by atoms with Gasteiger partial charge in [-0.1, -0.05) is 36.4 Å². The van der Waals surface area contributed by atoms with Crippen molar-refractivity contribution in [3.05, 3.63) is 65.2 Å². The van der Waals surface area contributed by atoms with Crippen LogP contribution in [0.2, 0.25) is 0 Å². The van der Waals surface area contributed by atoms with Gasteiger partial charge in [-0.15, -0.1) is 0 Å². The highest BCUT2D eigenvalue weighted by atomic mass is 16.3. The van der Waals surface area contributed by atoms with Gasteiger partial charge < -0.3 is 16.2 Å². The maximum absolute atomic E-state index is 9.66. The number of rotatable bonds is 5. The van der Waals surface area contributed by atoms with Gasteiger partial charge in [-0.05, 0) is 48.1 Å². The Balaban J connectivity index is 1.69. The van der Waals surface area contributed by atoms with Crippen LogP contribution in [0.4, 0.5) is 5.69 Å². The summed E-state index contributed by atoms with van der Waals surface area (Å²) in [5.74, 6) is 0. The molecule has 4 N–H and O–H groups in total. The van der Waals surface area contributed by atoms with E-state index >= 15 is 0 Å². The number of nitrogen functional groups attached to an aromatic ring is 1. The second-order valence-corrected chi connectivity index (χ2v) is 5.79. The molecular formula is C18H22N2O. The van der Waals surface area contributed by atoms with E-state index in [-0.39, 0.29) is 12.6 Å². The molecule has 0 radical (unpaired) electrons. The molecule has 21 heavy (non-hydrogen) atoms. The molecule has 3 nitrogen and oxygen atoms in total. The summed E-state index contributed by atoms with van der Waals surface area (Å²) in [6, 6.07) is 16.9. The number of hydrogen-bond acceptors (Lipinski definition) is 3. The number of aryl methyl sites for hydroxylation is 1. The molecule has 0 amide bonds. The van der Waals surface area contributed by atoms with E-state index in [1.165, 1.54) is 16.7 Å². The molecule has 110 valence electrons. The lowest BCUT2D eigenvalue weighted by molar-refractivity contribution is 0.230. The molecule has 3 heteroatoms. The van der Waals surface area contributed by atoms with Gasteiger partial charge in [0.15, 0.2) is 0 Å². The summed E-state index contributed by atoms with van der Waals surface area (Å²) in [5.41, 5.74) is 10.6. The Kier molecular flexibility index (Phi) is 4.23. The molecule has 0 aliphatic heterocycles. The number of aliphatic hydroxyl groups excluding tert-OH is 1. The molecule has 0 spiro atoms. The average Bonchev–Trinajstić information content (AvgIpc) is 2.89. The fraction of sp³-hybridized carbons (Fsp3) is 0.333. The summed E-state index contributed by atoms with van der Waals surface area (Å²) >= 11 is 0. The predicted octanol–water partition coefficient (Wildman–Crippen LogP) is 2.45. The van der Waals surface area contributed by atoms with Gasteiger partial charge in [0.2, 0.25) is 0 Å². The Morgan fingerprint density at radius 2 is 2.00 bits per heavy atom. The SMILES string of the molecule is Nc1ccc2c(c1)CCC2N[C@@H](CO)Cc1ccccc1. The van der Waals surface area contributed by atoms with Gasteiger partial charge in [0.1, 0.15) is 0 Å². The minimum atomic E-state index is 0.0842. The van der Waals surface area contributed by atoms with E-state index in [0.29, 0.717) is 6.04 Å². The lowest BCUT2D eigenvalue weighted by Gasteiger charge is -2.22. The molecule has 0 bridgehead atoms. The van der Waals surface area contributed by atoms with Crippen LogP contribution in [0.1, 0.15) is 29.2 Å². The minimum Gasteiger partial charge on any atom is -0.399 e. The van der Waals surface area contributed by atoms with Crippen LogP contribution >= 0.6 is 0 Å². The average molecular weight is 282 g/mol. The van der Waals surface area contributed by atoms with Crippen LogP contribution in [0, 0.1) is 0 Å². The zero-order valence-electron chi connectivity index (χ0n) is 12.1. The van der Waals surface area contributed by atoms with Gasteiger partial charge in [-0.2, -0.15) is 0 Å². The number of aliphatic hydroxyl groups is 1. The van der Waals surface area contributed by atoms with Crippen LogP contribution in [0.3, 0.4) is 0 Å². The Hall–Kier alpha value is -1.84. The number of nitrogens with two attached hydrogens (primary N) is 1. The van der Waals surface area contributed by atoms with E-state index in [0.717, 1.165) is 24.9 Å². The minimum absolute atomic E-state index is 0.0842. The van der Waals surface area contributed by atoms with Crippen LogP contribution in [-0.4, -0.2) is 17.8 Å². The third kappa shape index (κ3) is 3.26. The fourth-order valence-electron chi connectivity index (χ4n) is 3.17. The van der Waals surface area contributed by atoms with Gasteiger partial charge in [0.25, 0.3) is 0 Å². The van der Waals surface area contributed by atoms with E-state index in [1.54, 1.807) is 0 Å². The number of anilines is 1. The second kappa shape index (κ2) is 6.29. The zero-order chi connectivity index (χ0) is 14.7. The monoisotopic (exact) mass is 282 g/mol. The molecule has 0 fully saturated rings. The van der Waals surface area contributed by atoms with E-state index in [1.807, 2.05) is 24.3 Å². The number of fused-ring (bicyclic) bond motifs is 1. The Bertz CT molecular complexity index is 597. The van der Waals surface area contributed by atoms with Crippen molar-refractivity contribution in [2.24, 2.45) is 0 Å². The van der Waals surface area contributed by atoms with Gasteiger partial charge in [0.05, 0.1) is 6.61 Å². The molecule has 1 aliphatic carbocycles. The van der Waals surface area contributed by atoms with Crippen molar-refractivity contribution in [2.75, 3.05) is 12.3 Å². The van der Waals surface area contributed by atoms with Crippen molar-refractivity contribution in [3.63, 3.8) is 0 Å². The fourth-order valence-corrected chi connectivity index (χ4v) is 3.17. The first-order valence-corrected chi connectivity index (χ1v) is 7.55. The van der Waals surface area contributed by atoms with Crippen LogP contribution < -0.4 is 11.1 Å². The highest BCUT2D eigenvalue weighted by Gasteiger charge is 2.24. The highest BCUT2D eigenvalue weighted by Crippen LogP contribution is 2.32. The summed E-state index contributed by atoms with van der Waals surface area (Å²) in [6.45, 7) is 0.149. The van der Waals surface area contributed by atoms with Gasteiger partial charge in [0, 0.05) is 17.8 Å². The summed E-state index contributed by atoms with van der Waals surface area (Å²) in [7, 11) is 0. The third-order valence-electron chi connectivity index (χ3n) is 4.23. The van der Waals surface area contributed by atoms with Crippen molar-refractivity contribution in [1.82, 2.24) is 5.32 Å². The standard InChI is InChI=1S/C18H22N2O/c19-15-7-8-17-14(11-15)6-9-18(17)20-16(12-21)10-13-4-2-1-3-5-13/h1-5,7-8,11,16,18,20-21H,6,9-10,12,19H2/t16-,18?/m1/s1. The van der Waals surface area contributed by atoms with Crippen molar-refractivity contribution >= 4 is 5.69 Å². The Morgan fingerprint density at radius 1 is 1.19 bits per heavy atom. The molecule has 2 aromatic carbocycles. The summed E-state index contributed by atoms with van der Waals surface area (Å²) in [4.78, 5) is 0. The number of hydrogen-bond donors (Lipinski definition) is 3. The first kappa shape index (κ1) is 14.1. The van der Waals surface area contributed by atoms with Crippen LogP contribution in [0.5, 0.6) is 0 Å². The topological polar surface area (TPSA) is 58.3 Å². The summed E-state index contributed by atoms with van der Waals surface area (Å²) < 4.78 is 0. The molecule has 1 aliphatic rings. The number of nitrogens with one attached hydrogen (secondary N) is 1. The van der Waals surface area contributed by atoms with Crippen LogP contribution in [0.15, 0.2) is 48.5 Å². The summed E-state index contributed by atoms with van der Waals surface area (Å²) in [6.07, 6.45) is 2.98. The van der Waals surface area contributed by atoms with E-state index < -0.39 is 0 Å². The third-order valence-corrected chi connectivity index (χ3v) is 4.23. The molecule has 0 saturated heterocycles. The lowest BCUT2D eigenvalue weighted by Crippen LogP contribution is -2.36. The maximum atomic E-state index is 9.66. The second-order valence-electron chi connectivity index (χ2n) is 5.79. The van der Waals surface area contributed by atoms with Gasteiger partial charge in [-0.3, -0.25) is 0 Å². The zero-order valence-corrected chi connectivity index (χ0v) is 12.1. The van der Waals surface area contributed by atoms with E-state index in [4.69, 9.17) is 5.73 Å². The van der Waals surface area contributed by atoms with E-state index in [9.17, 15) is 5.11 Å². The molecule has 0 saturated carbocycles. The van der Waals surface area contributed by atoms with Crippen molar-refractivity contribution in [1.29, 1.82) is 0 Å². The molecule has 1 unspecified atom stereocenters. The van der Waals surface area contributed by atoms with Crippen LogP contribution in [-0.2, 0) is 12.8 Å². The molecule has 0 aromatic heterocycles. The molecule has 0 heterocycles. The molecule has 2 atom stereocenters. The maximum Gasteiger partial charge on any atom is 0.0588 e. The molecule has 3 rings (SSSR count). The van der Waals surface area contributed by atoms with Crippen molar-refractivity contribution < 1.29 is 5.11 Å². The Morgan fingerprint density at radius 3 is 2.76 bits per heavy atom. The van der Waals surface area contributed by atoms with Crippen LogP contribution in [0.25, 0.3) is 0 Å². The van der Waals surface area contributed by atoms with Crippen molar-refractivity contribution in [3.8, 4) is 0 Å². The summed E-state index contributed by atoms with van der Waals surface area (Å²) in [5, 5.41) is 13.3. The Labute approximate surface area is 125 Å². The normalized spacial score (nSPS) is 18.4.